The Morgan fingerprint density at radius 2 is 1.62 bits per heavy atom. The largest absolute Gasteiger partial charge is 0.497 e. The van der Waals surface area contributed by atoms with Crippen LogP contribution in [0.15, 0.2) is 64.3 Å². The van der Waals surface area contributed by atoms with Gasteiger partial charge in [0.15, 0.2) is 0 Å². The van der Waals surface area contributed by atoms with Crippen molar-refractivity contribution in [3.63, 3.8) is 0 Å². The molecular weight excluding hydrogens is 432 g/mol. The minimum atomic E-state index is -3.80. The maximum Gasteiger partial charge on any atom is 0.264 e. The molecule has 1 aromatic heterocycles. The molecule has 0 bridgehead atoms. The fourth-order valence-electron chi connectivity index (χ4n) is 3.66. The average molecular weight is 457 g/mol. The standard InChI is InChI=1S/C22H24N4O5S/c1-30-18-6-4-17(5-7-18)25-11-13-26(14-12-25)32(28,29)21-15-16(3-9-20(21)31-2)19-8-10-22(27)24-23-19/h3-10,15H,11-14H2,1-2H3,(H,24,27). The molecule has 1 N–H and O–H groups in total. The third-order valence-corrected chi connectivity index (χ3v) is 7.35. The Kier molecular flexibility index (Phi) is 6.15. The van der Waals surface area contributed by atoms with E-state index in [1.807, 2.05) is 24.3 Å². The average Bonchev–Trinajstić information content (AvgIpc) is 2.84. The minimum Gasteiger partial charge on any atom is -0.497 e. The Bertz CT molecular complexity index is 1230. The number of hydrogen-bond donors (Lipinski definition) is 1. The van der Waals surface area contributed by atoms with E-state index in [0.29, 0.717) is 37.4 Å². The van der Waals surface area contributed by atoms with Crippen molar-refractivity contribution in [1.29, 1.82) is 0 Å². The highest BCUT2D eigenvalue weighted by atomic mass is 32.2. The molecule has 1 aliphatic heterocycles. The Morgan fingerprint density at radius 3 is 2.22 bits per heavy atom. The zero-order valence-corrected chi connectivity index (χ0v) is 18.6. The van der Waals surface area contributed by atoms with Gasteiger partial charge >= 0.3 is 0 Å². The van der Waals surface area contributed by atoms with Crippen molar-refractivity contribution in [2.75, 3.05) is 45.3 Å². The van der Waals surface area contributed by atoms with Crippen LogP contribution in [0.5, 0.6) is 11.5 Å². The number of anilines is 1. The van der Waals surface area contributed by atoms with Crippen molar-refractivity contribution in [3.8, 4) is 22.8 Å². The Balaban J connectivity index is 1.57. The van der Waals surface area contributed by atoms with E-state index < -0.39 is 10.0 Å². The summed E-state index contributed by atoms with van der Waals surface area (Å²) in [6.07, 6.45) is 0. The molecule has 0 spiro atoms. The highest BCUT2D eigenvalue weighted by Gasteiger charge is 2.31. The normalized spacial score (nSPS) is 14.9. The summed E-state index contributed by atoms with van der Waals surface area (Å²) in [5, 5.41) is 6.36. The molecule has 1 saturated heterocycles. The third-order valence-electron chi connectivity index (χ3n) is 5.43. The summed E-state index contributed by atoms with van der Waals surface area (Å²) in [7, 11) is -0.739. The van der Waals surface area contributed by atoms with Gasteiger partial charge in [0.05, 0.1) is 19.9 Å². The molecule has 168 valence electrons. The zero-order chi connectivity index (χ0) is 22.7. The summed E-state index contributed by atoms with van der Waals surface area (Å²) >= 11 is 0. The molecule has 2 aromatic carbocycles. The number of methoxy groups -OCH3 is 2. The zero-order valence-electron chi connectivity index (χ0n) is 17.8. The lowest BCUT2D eigenvalue weighted by Crippen LogP contribution is -2.48. The van der Waals surface area contributed by atoms with E-state index in [4.69, 9.17) is 9.47 Å². The van der Waals surface area contributed by atoms with E-state index in [9.17, 15) is 13.2 Å². The topological polar surface area (TPSA) is 105 Å². The van der Waals surface area contributed by atoms with Crippen LogP contribution in [0.4, 0.5) is 5.69 Å². The number of H-pyrrole nitrogens is 1. The first-order valence-corrected chi connectivity index (χ1v) is 11.5. The summed E-state index contributed by atoms with van der Waals surface area (Å²) in [5.74, 6) is 1.04. The Hall–Kier alpha value is -3.37. The van der Waals surface area contributed by atoms with Gasteiger partial charge in [-0.2, -0.15) is 9.40 Å². The summed E-state index contributed by atoms with van der Waals surface area (Å²) in [4.78, 5) is 13.5. The molecule has 9 nitrogen and oxygen atoms in total. The molecule has 1 fully saturated rings. The number of ether oxygens (including phenoxy) is 2. The van der Waals surface area contributed by atoms with Crippen LogP contribution in [0.25, 0.3) is 11.3 Å². The van der Waals surface area contributed by atoms with Gasteiger partial charge in [-0.25, -0.2) is 13.5 Å². The van der Waals surface area contributed by atoms with Crippen molar-refractivity contribution in [3.05, 3.63) is 65.0 Å². The fraction of sp³-hybridized carbons (Fsp3) is 0.273. The van der Waals surface area contributed by atoms with Crippen LogP contribution in [0.2, 0.25) is 0 Å². The first kappa shape index (κ1) is 21.8. The van der Waals surface area contributed by atoms with Gasteiger partial charge in [0, 0.05) is 43.5 Å². The fourth-order valence-corrected chi connectivity index (χ4v) is 5.27. The second kappa shape index (κ2) is 9.01. The van der Waals surface area contributed by atoms with Gasteiger partial charge in [0.25, 0.3) is 5.56 Å². The van der Waals surface area contributed by atoms with Crippen LogP contribution in [0.1, 0.15) is 0 Å². The van der Waals surface area contributed by atoms with Crippen molar-refractivity contribution < 1.29 is 17.9 Å². The van der Waals surface area contributed by atoms with Crippen molar-refractivity contribution in [2.45, 2.75) is 4.90 Å². The first-order valence-electron chi connectivity index (χ1n) is 10.1. The van der Waals surface area contributed by atoms with Crippen LogP contribution < -0.4 is 19.9 Å². The number of rotatable bonds is 6. The highest BCUT2D eigenvalue weighted by Crippen LogP contribution is 2.32. The van der Waals surface area contributed by atoms with Crippen LogP contribution in [0.3, 0.4) is 0 Å². The second-order valence-corrected chi connectivity index (χ2v) is 9.17. The molecule has 0 atom stereocenters. The monoisotopic (exact) mass is 456 g/mol. The van der Waals surface area contributed by atoms with E-state index in [-0.39, 0.29) is 16.2 Å². The molecule has 10 heteroatoms. The van der Waals surface area contributed by atoms with Gasteiger partial charge in [-0.15, -0.1) is 0 Å². The summed E-state index contributed by atoms with van der Waals surface area (Å²) in [6.45, 7) is 1.82. The lowest BCUT2D eigenvalue weighted by atomic mass is 10.1. The molecule has 0 saturated carbocycles. The molecule has 0 radical (unpaired) electrons. The molecule has 0 unspecified atom stereocenters. The van der Waals surface area contributed by atoms with Gasteiger partial charge < -0.3 is 14.4 Å². The van der Waals surface area contributed by atoms with Gasteiger partial charge in [-0.3, -0.25) is 4.79 Å². The molecule has 2 heterocycles. The number of hydrogen-bond acceptors (Lipinski definition) is 7. The SMILES string of the molecule is COc1ccc(N2CCN(S(=O)(=O)c3cc(-c4ccc(=O)[nH]n4)ccc3OC)CC2)cc1. The smallest absolute Gasteiger partial charge is 0.264 e. The van der Waals surface area contributed by atoms with Gasteiger partial charge in [0.2, 0.25) is 10.0 Å². The number of sulfonamides is 1. The van der Waals surface area contributed by atoms with E-state index >= 15 is 0 Å². The maximum absolute atomic E-state index is 13.5. The lowest BCUT2D eigenvalue weighted by molar-refractivity contribution is 0.374. The number of aromatic nitrogens is 2. The predicted octanol–water partition coefficient (Wildman–Crippen LogP) is 1.96. The second-order valence-electron chi connectivity index (χ2n) is 7.26. The molecule has 3 aromatic rings. The maximum atomic E-state index is 13.5. The molecule has 0 aliphatic carbocycles. The number of piperazine rings is 1. The molecule has 0 amide bonds. The first-order chi connectivity index (χ1) is 15.4. The minimum absolute atomic E-state index is 0.0726. The van der Waals surface area contributed by atoms with Gasteiger partial charge in [-0.05, 0) is 48.5 Å². The number of nitrogens with zero attached hydrogens (tertiary/aromatic N) is 3. The molecular formula is C22H24N4O5S. The van der Waals surface area contributed by atoms with Crippen LogP contribution in [0, 0.1) is 0 Å². The van der Waals surface area contributed by atoms with E-state index in [0.717, 1.165) is 11.4 Å². The van der Waals surface area contributed by atoms with Crippen molar-refractivity contribution >= 4 is 15.7 Å². The van der Waals surface area contributed by atoms with Crippen LogP contribution >= 0.6 is 0 Å². The van der Waals surface area contributed by atoms with E-state index in [2.05, 4.69) is 15.1 Å². The molecule has 32 heavy (non-hydrogen) atoms. The van der Waals surface area contributed by atoms with Gasteiger partial charge in [0.1, 0.15) is 16.4 Å². The third kappa shape index (κ3) is 4.32. The van der Waals surface area contributed by atoms with E-state index in [1.54, 1.807) is 25.3 Å². The molecule has 1 aliphatic rings. The van der Waals surface area contributed by atoms with E-state index in [1.165, 1.54) is 23.5 Å². The Labute approximate surface area is 186 Å². The number of aromatic amines is 1. The lowest BCUT2D eigenvalue weighted by Gasteiger charge is -2.35. The predicted molar refractivity (Wildman–Crippen MR) is 121 cm³/mol. The van der Waals surface area contributed by atoms with Crippen LogP contribution in [-0.4, -0.2) is 63.3 Å². The summed E-state index contributed by atoms with van der Waals surface area (Å²) in [6, 6.07) is 15.4. The number of benzene rings is 2. The van der Waals surface area contributed by atoms with Crippen molar-refractivity contribution in [2.24, 2.45) is 0 Å². The van der Waals surface area contributed by atoms with Crippen molar-refractivity contribution in [1.82, 2.24) is 14.5 Å². The molecule has 4 rings (SSSR count). The van der Waals surface area contributed by atoms with Crippen LogP contribution in [-0.2, 0) is 10.0 Å². The quantitative estimate of drug-likeness (QED) is 0.605. The Morgan fingerprint density at radius 1 is 0.906 bits per heavy atom. The highest BCUT2D eigenvalue weighted by molar-refractivity contribution is 7.89. The van der Waals surface area contributed by atoms with Gasteiger partial charge in [-0.1, -0.05) is 0 Å². The summed E-state index contributed by atoms with van der Waals surface area (Å²) < 4.78 is 38.9. The number of nitrogens with one attached hydrogen (secondary N) is 1. The summed E-state index contributed by atoms with van der Waals surface area (Å²) in [5.41, 5.74) is 1.72.